The molecule has 0 heterocycles. The molecule has 0 N–H and O–H groups in total. The second-order valence-corrected chi connectivity index (χ2v) is 8.34. The predicted molar refractivity (Wildman–Crippen MR) is 67.7 cm³/mol. The molecule has 0 radical (unpaired) electrons. The molecule has 0 saturated carbocycles. The molecular weight excluding hydrogens is 278 g/mol. The van der Waals surface area contributed by atoms with Crippen molar-refractivity contribution in [2.24, 2.45) is 0 Å². The Balaban J connectivity index is 3.07. The molecular formula is C10H15NO5S2. The first kappa shape index (κ1) is 14.9. The molecule has 6 nitrogen and oxygen atoms in total. The number of hydrogen-bond donors (Lipinski definition) is 0. The van der Waals surface area contributed by atoms with Gasteiger partial charge in [-0.1, -0.05) is 0 Å². The van der Waals surface area contributed by atoms with E-state index >= 15 is 0 Å². The zero-order chi connectivity index (χ0) is 14.0. The van der Waals surface area contributed by atoms with Crippen molar-refractivity contribution in [2.75, 3.05) is 26.3 Å². The van der Waals surface area contributed by atoms with Gasteiger partial charge in [-0.15, -0.1) is 0 Å². The molecule has 18 heavy (non-hydrogen) atoms. The van der Waals surface area contributed by atoms with Crippen LogP contribution in [0.3, 0.4) is 0 Å². The molecule has 1 aromatic carbocycles. The van der Waals surface area contributed by atoms with Crippen LogP contribution in [0.4, 0.5) is 0 Å². The Morgan fingerprint density at radius 3 is 1.94 bits per heavy atom. The summed E-state index contributed by atoms with van der Waals surface area (Å²) in [5.74, 6) is 0.504. The SMILES string of the molecule is COc1ccc(S(=O)(=O)CS(=O)(=O)N(C)C)cc1. The third-order valence-electron chi connectivity index (χ3n) is 2.28. The summed E-state index contributed by atoms with van der Waals surface area (Å²) < 4.78 is 52.7. The molecule has 8 heteroatoms. The Labute approximate surface area is 107 Å². The van der Waals surface area contributed by atoms with Gasteiger partial charge < -0.3 is 4.74 Å². The minimum atomic E-state index is -3.87. The molecule has 0 spiro atoms. The van der Waals surface area contributed by atoms with Crippen LogP contribution in [0.15, 0.2) is 29.2 Å². The van der Waals surface area contributed by atoms with Gasteiger partial charge in [0.15, 0.2) is 14.9 Å². The molecule has 1 rings (SSSR count). The van der Waals surface area contributed by atoms with E-state index < -0.39 is 24.9 Å². The van der Waals surface area contributed by atoms with Crippen molar-refractivity contribution < 1.29 is 21.6 Å². The molecule has 0 fully saturated rings. The second kappa shape index (κ2) is 5.25. The van der Waals surface area contributed by atoms with Crippen molar-refractivity contribution in [1.82, 2.24) is 4.31 Å². The van der Waals surface area contributed by atoms with Gasteiger partial charge in [0, 0.05) is 14.1 Å². The molecule has 0 saturated heterocycles. The number of methoxy groups -OCH3 is 1. The maximum absolute atomic E-state index is 11.9. The Morgan fingerprint density at radius 1 is 1.06 bits per heavy atom. The Hall–Kier alpha value is -1.12. The quantitative estimate of drug-likeness (QED) is 0.781. The van der Waals surface area contributed by atoms with Gasteiger partial charge in [-0.2, -0.15) is 0 Å². The lowest BCUT2D eigenvalue weighted by atomic mass is 10.3. The third kappa shape index (κ3) is 3.44. The van der Waals surface area contributed by atoms with Crippen LogP contribution in [0.1, 0.15) is 0 Å². The maximum Gasteiger partial charge on any atom is 0.228 e. The van der Waals surface area contributed by atoms with Gasteiger partial charge in [0.25, 0.3) is 0 Å². The standard InChI is InChI=1S/C10H15NO5S2/c1-11(2)18(14,15)8-17(12,13)10-6-4-9(16-3)5-7-10/h4-7H,8H2,1-3H3. The van der Waals surface area contributed by atoms with E-state index in [9.17, 15) is 16.8 Å². The number of sulfone groups is 1. The Morgan fingerprint density at radius 2 is 1.56 bits per heavy atom. The van der Waals surface area contributed by atoms with Gasteiger partial charge in [0.05, 0.1) is 12.0 Å². The van der Waals surface area contributed by atoms with Crippen LogP contribution in [0.2, 0.25) is 0 Å². The van der Waals surface area contributed by atoms with E-state index in [0.717, 1.165) is 4.31 Å². The van der Waals surface area contributed by atoms with Crippen molar-refractivity contribution in [3.05, 3.63) is 24.3 Å². The molecule has 0 aromatic heterocycles. The number of sulfonamides is 1. The number of hydrogen-bond acceptors (Lipinski definition) is 5. The molecule has 0 amide bonds. The zero-order valence-corrected chi connectivity index (χ0v) is 12.0. The van der Waals surface area contributed by atoms with Crippen LogP contribution in [-0.2, 0) is 19.9 Å². The van der Waals surface area contributed by atoms with Gasteiger partial charge in [-0.05, 0) is 24.3 Å². The van der Waals surface area contributed by atoms with E-state index in [1.54, 1.807) is 0 Å². The molecule has 0 aliphatic heterocycles. The Bertz CT molecular complexity index is 602. The van der Waals surface area contributed by atoms with Crippen molar-refractivity contribution >= 4 is 19.9 Å². The minimum absolute atomic E-state index is 0.0475. The molecule has 0 unspecified atom stereocenters. The average molecular weight is 293 g/mol. The first-order valence-electron chi connectivity index (χ1n) is 4.96. The number of nitrogens with zero attached hydrogens (tertiary/aromatic N) is 1. The van der Waals surface area contributed by atoms with Crippen molar-refractivity contribution in [3.8, 4) is 5.75 Å². The van der Waals surface area contributed by atoms with Crippen LogP contribution >= 0.6 is 0 Å². The van der Waals surface area contributed by atoms with Crippen LogP contribution in [-0.4, -0.2) is 47.4 Å². The summed E-state index contributed by atoms with van der Waals surface area (Å²) in [7, 11) is -3.64. The van der Waals surface area contributed by atoms with E-state index in [-0.39, 0.29) is 4.90 Å². The molecule has 1 aromatic rings. The van der Waals surface area contributed by atoms with Gasteiger partial charge >= 0.3 is 0 Å². The first-order valence-corrected chi connectivity index (χ1v) is 8.22. The molecule has 0 aliphatic carbocycles. The van der Waals surface area contributed by atoms with E-state index in [4.69, 9.17) is 4.74 Å². The number of benzene rings is 1. The maximum atomic E-state index is 11.9. The zero-order valence-electron chi connectivity index (χ0n) is 10.3. The normalized spacial score (nSPS) is 12.7. The highest BCUT2D eigenvalue weighted by molar-refractivity contribution is 8.07. The third-order valence-corrected chi connectivity index (χ3v) is 6.81. The summed E-state index contributed by atoms with van der Waals surface area (Å²) in [5, 5.41) is -0.945. The lowest BCUT2D eigenvalue weighted by Gasteiger charge is -2.11. The van der Waals surface area contributed by atoms with Gasteiger partial charge in [0.2, 0.25) is 10.0 Å². The van der Waals surface area contributed by atoms with Crippen LogP contribution in [0.25, 0.3) is 0 Å². The summed E-state index contributed by atoms with van der Waals surface area (Å²) >= 11 is 0. The Kier molecular flexibility index (Phi) is 4.36. The second-order valence-electron chi connectivity index (χ2n) is 3.80. The molecule has 0 bridgehead atoms. The van der Waals surface area contributed by atoms with E-state index in [1.165, 1.54) is 45.5 Å². The summed E-state index contributed by atoms with van der Waals surface area (Å²) in [4.78, 5) is -0.0475. The van der Waals surface area contributed by atoms with Gasteiger partial charge in [0.1, 0.15) is 5.75 Å². The topological polar surface area (TPSA) is 80.8 Å². The lowest BCUT2D eigenvalue weighted by molar-refractivity contribution is 0.414. The number of ether oxygens (including phenoxy) is 1. The van der Waals surface area contributed by atoms with Crippen LogP contribution in [0.5, 0.6) is 5.75 Å². The van der Waals surface area contributed by atoms with E-state index in [1.807, 2.05) is 0 Å². The fourth-order valence-electron chi connectivity index (χ4n) is 1.15. The summed E-state index contributed by atoms with van der Waals surface area (Å²) in [6.45, 7) is 0. The summed E-state index contributed by atoms with van der Waals surface area (Å²) in [6, 6.07) is 5.57. The molecule has 102 valence electrons. The summed E-state index contributed by atoms with van der Waals surface area (Å²) in [6.07, 6.45) is 0. The fraction of sp³-hybridized carbons (Fsp3) is 0.400. The molecule has 0 aliphatic rings. The molecule has 0 atom stereocenters. The smallest absolute Gasteiger partial charge is 0.228 e. The van der Waals surface area contributed by atoms with Gasteiger partial charge in [-0.3, -0.25) is 0 Å². The minimum Gasteiger partial charge on any atom is -0.497 e. The number of rotatable bonds is 5. The predicted octanol–water partition coefficient (Wildman–Crippen LogP) is 0.318. The lowest BCUT2D eigenvalue weighted by Crippen LogP contribution is -2.29. The summed E-state index contributed by atoms with van der Waals surface area (Å²) in [5.41, 5.74) is 0. The fourth-order valence-corrected chi connectivity index (χ4v) is 4.66. The average Bonchev–Trinajstić information content (AvgIpc) is 2.27. The highest BCUT2D eigenvalue weighted by Crippen LogP contribution is 2.18. The van der Waals surface area contributed by atoms with Crippen molar-refractivity contribution in [3.63, 3.8) is 0 Å². The van der Waals surface area contributed by atoms with Crippen molar-refractivity contribution in [2.45, 2.75) is 4.90 Å². The van der Waals surface area contributed by atoms with E-state index in [0.29, 0.717) is 5.75 Å². The van der Waals surface area contributed by atoms with Crippen molar-refractivity contribution in [1.29, 1.82) is 0 Å². The monoisotopic (exact) mass is 293 g/mol. The highest BCUT2D eigenvalue weighted by Gasteiger charge is 2.25. The van der Waals surface area contributed by atoms with E-state index in [2.05, 4.69) is 0 Å². The highest BCUT2D eigenvalue weighted by atomic mass is 32.3. The van der Waals surface area contributed by atoms with Crippen LogP contribution in [0, 0.1) is 0 Å². The van der Waals surface area contributed by atoms with Crippen LogP contribution < -0.4 is 4.74 Å². The van der Waals surface area contributed by atoms with Gasteiger partial charge in [-0.25, -0.2) is 21.1 Å². The largest absolute Gasteiger partial charge is 0.497 e. The first-order chi connectivity index (χ1) is 8.19.